The Morgan fingerprint density at radius 3 is 2.43 bits per heavy atom. The number of amides is 3. The van der Waals surface area contributed by atoms with Gasteiger partial charge < -0.3 is 15.1 Å². The van der Waals surface area contributed by atoms with Gasteiger partial charge in [-0.15, -0.1) is 0 Å². The summed E-state index contributed by atoms with van der Waals surface area (Å²) in [4.78, 5) is 40.4. The first-order chi connectivity index (χ1) is 13.6. The van der Waals surface area contributed by atoms with Crippen LogP contribution in [0.2, 0.25) is 0 Å². The van der Waals surface area contributed by atoms with E-state index in [4.69, 9.17) is 0 Å². The fourth-order valence-electron chi connectivity index (χ4n) is 4.91. The van der Waals surface area contributed by atoms with E-state index in [0.29, 0.717) is 17.9 Å². The molecular weight excluding hydrogens is 354 g/mol. The molecule has 1 aliphatic carbocycles. The molecule has 4 rings (SSSR count). The predicted octanol–water partition coefficient (Wildman–Crippen LogP) is 2.58. The third-order valence-corrected chi connectivity index (χ3v) is 6.56. The lowest BCUT2D eigenvalue weighted by molar-refractivity contribution is -0.133. The maximum absolute atomic E-state index is 12.5. The number of rotatable bonds is 4. The van der Waals surface area contributed by atoms with Gasteiger partial charge in [-0.1, -0.05) is 19.3 Å². The van der Waals surface area contributed by atoms with Crippen LogP contribution in [0.3, 0.4) is 0 Å². The molecule has 2 heterocycles. The van der Waals surface area contributed by atoms with Crippen molar-refractivity contribution in [1.29, 1.82) is 0 Å². The van der Waals surface area contributed by atoms with Gasteiger partial charge in [-0.2, -0.15) is 0 Å². The van der Waals surface area contributed by atoms with Crippen molar-refractivity contribution in [3.8, 4) is 0 Å². The maximum atomic E-state index is 12.5. The van der Waals surface area contributed by atoms with Crippen molar-refractivity contribution in [3.05, 3.63) is 29.8 Å². The van der Waals surface area contributed by atoms with E-state index >= 15 is 0 Å². The van der Waals surface area contributed by atoms with Crippen molar-refractivity contribution < 1.29 is 14.4 Å². The average molecular weight is 383 g/mol. The van der Waals surface area contributed by atoms with Gasteiger partial charge in [-0.25, -0.2) is 0 Å². The van der Waals surface area contributed by atoms with Gasteiger partial charge in [0.1, 0.15) is 0 Å². The van der Waals surface area contributed by atoms with Crippen LogP contribution in [0.4, 0.5) is 5.69 Å². The second-order valence-corrected chi connectivity index (χ2v) is 8.31. The number of fused-ring (bicyclic) bond motifs is 1. The molecule has 2 atom stereocenters. The molecule has 2 saturated heterocycles. The zero-order chi connectivity index (χ0) is 19.5. The third kappa shape index (κ3) is 4.05. The van der Waals surface area contributed by atoms with Crippen molar-refractivity contribution in [3.63, 3.8) is 0 Å². The largest absolute Gasteiger partial charge is 0.343 e. The Kier molecular flexibility index (Phi) is 5.64. The maximum Gasteiger partial charge on any atom is 0.251 e. The molecule has 0 radical (unpaired) electrons. The molecule has 3 aliphatic rings. The van der Waals surface area contributed by atoms with Crippen LogP contribution >= 0.6 is 0 Å². The summed E-state index contributed by atoms with van der Waals surface area (Å²) in [7, 11) is 0. The van der Waals surface area contributed by atoms with E-state index in [1.165, 1.54) is 25.7 Å². The van der Waals surface area contributed by atoms with Crippen LogP contribution in [0.15, 0.2) is 24.3 Å². The van der Waals surface area contributed by atoms with Crippen molar-refractivity contribution in [1.82, 2.24) is 10.2 Å². The smallest absolute Gasteiger partial charge is 0.251 e. The van der Waals surface area contributed by atoms with Crippen LogP contribution in [-0.4, -0.2) is 48.8 Å². The monoisotopic (exact) mass is 383 g/mol. The van der Waals surface area contributed by atoms with Crippen LogP contribution in [0.5, 0.6) is 0 Å². The van der Waals surface area contributed by atoms with E-state index in [9.17, 15) is 14.4 Å². The van der Waals surface area contributed by atoms with E-state index in [2.05, 4.69) is 5.32 Å². The van der Waals surface area contributed by atoms with E-state index < -0.39 is 0 Å². The summed E-state index contributed by atoms with van der Waals surface area (Å²) in [6, 6.07) is 7.03. The normalized spacial score (nSPS) is 24.8. The Bertz CT molecular complexity index is 746. The number of nitrogens with one attached hydrogen (secondary N) is 1. The molecule has 1 N–H and O–H groups in total. The first-order valence-corrected chi connectivity index (χ1v) is 10.6. The molecule has 0 aromatic heterocycles. The topological polar surface area (TPSA) is 69.7 Å². The van der Waals surface area contributed by atoms with E-state index in [1.54, 1.807) is 29.2 Å². The molecule has 1 aromatic carbocycles. The summed E-state index contributed by atoms with van der Waals surface area (Å²) in [5.41, 5.74) is 1.33. The molecule has 28 heavy (non-hydrogen) atoms. The summed E-state index contributed by atoms with van der Waals surface area (Å²) < 4.78 is 0. The van der Waals surface area contributed by atoms with Crippen LogP contribution < -0.4 is 10.2 Å². The quantitative estimate of drug-likeness (QED) is 0.869. The number of likely N-dealkylation sites (tertiary alicyclic amines) is 1. The molecule has 150 valence electrons. The van der Waals surface area contributed by atoms with Crippen LogP contribution in [0.25, 0.3) is 0 Å². The van der Waals surface area contributed by atoms with E-state index in [0.717, 1.165) is 44.1 Å². The van der Waals surface area contributed by atoms with E-state index in [-0.39, 0.29) is 24.3 Å². The number of carbonyl (C=O) groups is 3. The molecular formula is C22H29N3O3. The van der Waals surface area contributed by atoms with Gasteiger partial charge in [0.2, 0.25) is 11.8 Å². The Labute approximate surface area is 166 Å². The summed E-state index contributed by atoms with van der Waals surface area (Å²) in [5, 5.41) is 2.76. The highest BCUT2D eigenvalue weighted by molar-refractivity contribution is 5.98. The lowest BCUT2D eigenvalue weighted by Gasteiger charge is -2.41. The number of carbonyl (C=O) groups excluding carboxylic acids is 3. The molecule has 0 bridgehead atoms. The molecule has 6 nitrogen and oxygen atoms in total. The molecule has 3 amide bonds. The second kappa shape index (κ2) is 8.33. The Morgan fingerprint density at radius 1 is 0.964 bits per heavy atom. The summed E-state index contributed by atoms with van der Waals surface area (Å²) in [6.45, 7) is 2.44. The SMILES string of the molecule is O=C(NCC(=O)N1CC[C@@H]2CCCC[C@H]2C1)c1ccc(N2CCCC2=O)cc1. The van der Waals surface area contributed by atoms with Crippen molar-refractivity contribution in [2.75, 3.05) is 31.1 Å². The van der Waals surface area contributed by atoms with Crippen molar-refractivity contribution in [2.45, 2.75) is 44.9 Å². The van der Waals surface area contributed by atoms with Gasteiger partial charge in [0.25, 0.3) is 5.91 Å². The standard InChI is InChI=1S/C22H29N3O3/c26-20-6-3-12-25(20)19-9-7-17(8-10-19)22(28)23-14-21(27)24-13-11-16-4-1-2-5-18(16)15-24/h7-10,16,18H,1-6,11-15H2,(H,23,28)/t16-,18-/m0/s1. The van der Waals surface area contributed by atoms with Gasteiger partial charge in [0.05, 0.1) is 6.54 Å². The highest BCUT2D eigenvalue weighted by Crippen LogP contribution is 2.36. The van der Waals surface area contributed by atoms with Crippen LogP contribution in [0.1, 0.15) is 55.3 Å². The average Bonchev–Trinajstić information content (AvgIpc) is 3.17. The number of nitrogens with zero attached hydrogens (tertiary/aromatic N) is 2. The van der Waals surface area contributed by atoms with Gasteiger partial charge in [0.15, 0.2) is 0 Å². The first-order valence-electron chi connectivity index (χ1n) is 10.6. The molecule has 2 aliphatic heterocycles. The summed E-state index contributed by atoms with van der Waals surface area (Å²) in [5.74, 6) is 1.32. The molecule has 1 saturated carbocycles. The summed E-state index contributed by atoms with van der Waals surface area (Å²) in [6.07, 6.45) is 7.70. The second-order valence-electron chi connectivity index (χ2n) is 8.31. The van der Waals surface area contributed by atoms with Crippen molar-refractivity contribution in [2.24, 2.45) is 11.8 Å². The zero-order valence-electron chi connectivity index (χ0n) is 16.4. The fraction of sp³-hybridized carbons (Fsp3) is 0.591. The Hall–Kier alpha value is -2.37. The highest BCUT2D eigenvalue weighted by atomic mass is 16.2. The first kappa shape index (κ1) is 19.0. The minimum atomic E-state index is -0.250. The summed E-state index contributed by atoms with van der Waals surface area (Å²) >= 11 is 0. The minimum Gasteiger partial charge on any atom is -0.343 e. The Morgan fingerprint density at radius 2 is 1.71 bits per heavy atom. The molecule has 6 heteroatoms. The highest BCUT2D eigenvalue weighted by Gasteiger charge is 2.32. The van der Waals surface area contributed by atoms with Gasteiger partial charge >= 0.3 is 0 Å². The third-order valence-electron chi connectivity index (χ3n) is 6.56. The molecule has 0 spiro atoms. The lowest BCUT2D eigenvalue weighted by Crippen LogP contribution is -2.48. The molecule has 3 fully saturated rings. The number of hydrogen-bond donors (Lipinski definition) is 1. The van der Waals surface area contributed by atoms with Gasteiger partial charge in [-0.3, -0.25) is 14.4 Å². The van der Waals surface area contributed by atoms with Gasteiger partial charge in [-0.05, 0) is 55.4 Å². The fourth-order valence-corrected chi connectivity index (χ4v) is 4.91. The number of piperidine rings is 1. The van der Waals surface area contributed by atoms with Crippen molar-refractivity contribution >= 4 is 23.4 Å². The van der Waals surface area contributed by atoms with Gasteiger partial charge in [0, 0.05) is 37.3 Å². The van der Waals surface area contributed by atoms with Crippen LogP contribution in [-0.2, 0) is 9.59 Å². The molecule has 0 unspecified atom stereocenters. The number of hydrogen-bond acceptors (Lipinski definition) is 3. The zero-order valence-corrected chi connectivity index (χ0v) is 16.4. The Balaban J connectivity index is 1.28. The molecule has 1 aromatic rings. The van der Waals surface area contributed by atoms with Crippen LogP contribution in [0, 0.1) is 11.8 Å². The van der Waals surface area contributed by atoms with E-state index in [1.807, 2.05) is 4.90 Å². The predicted molar refractivity (Wildman–Crippen MR) is 107 cm³/mol. The lowest BCUT2D eigenvalue weighted by atomic mass is 9.75. The number of anilines is 1. The number of benzene rings is 1. The minimum absolute atomic E-state index is 0.0108.